The number of rotatable bonds is 4. The Balaban J connectivity index is 0.00000176. The van der Waals surface area contributed by atoms with Crippen molar-refractivity contribution in [1.82, 2.24) is 10.1 Å². The van der Waals surface area contributed by atoms with Gasteiger partial charge < -0.3 is 10.3 Å². The molecule has 0 bridgehead atoms. The number of thioether (sulfide) groups is 1. The lowest BCUT2D eigenvalue weighted by atomic mass is 9.77. The van der Waals surface area contributed by atoms with E-state index in [1.54, 1.807) is 11.8 Å². The zero-order valence-corrected chi connectivity index (χ0v) is 15.8. The van der Waals surface area contributed by atoms with Crippen LogP contribution in [0.2, 0.25) is 0 Å². The molecule has 1 aliphatic rings. The number of halogens is 2. The van der Waals surface area contributed by atoms with E-state index in [9.17, 15) is 0 Å². The fourth-order valence-electron chi connectivity index (χ4n) is 2.35. The quantitative estimate of drug-likeness (QED) is 0.760. The van der Waals surface area contributed by atoms with Gasteiger partial charge in [0.05, 0.1) is 11.3 Å². The summed E-state index contributed by atoms with van der Waals surface area (Å²) in [6.45, 7) is 4.20. The summed E-state index contributed by atoms with van der Waals surface area (Å²) in [7, 11) is 0. The molecule has 2 N–H and O–H groups in total. The van der Waals surface area contributed by atoms with E-state index in [-0.39, 0.29) is 17.9 Å². The van der Waals surface area contributed by atoms with Gasteiger partial charge in [-0.3, -0.25) is 0 Å². The standard InChI is InChI=1S/C15H18BrN3OS.ClH/c1-9-7-12(10(2)6-11(9)16)21-8-13-18-14(19-20-13)15(17)4-3-5-15;/h6-7H,3-5,8,17H2,1-2H3;1H. The van der Waals surface area contributed by atoms with E-state index in [1.807, 2.05) is 0 Å². The Morgan fingerprint density at radius 1 is 1.32 bits per heavy atom. The van der Waals surface area contributed by atoms with E-state index in [2.05, 4.69) is 52.1 Å². The lowest BCUT2D eigenvalue weighted by molar-refractivity contribution is 0.229. The Bertz CT molecular complexity index is 673. The molecule has 1 aromatic heterocycles. The SMILES string of the molecule is Cc1cc(SCc2nc(C3(N)CCC3)no2)c(C)cc1Br.Cl. The van der Waals surface area contributed by atoms with Gasteiger partial charge in [0.15, 0.2) is 5.82 Å². The van der Waals surface area contributed by atoms with Crippen molar-refractivity contribution in [2.45, 2.75) is 49.3 Å². The molecule has 2 aromatic rings. The third-order valence-electron chi connectivity index (χ3n) is 3.97. The van der Waals surface area contributed by atoms with Crippen molar-refractivity contribution in [3.05, 3.63) is 39.4 Å². The lowest BCUT2D eigenvalue weighted by Crippen LogP contribution is -2.44. The average Bonchev–Trinajstić information content (AvgIpc) is 2.88. The molecule has 0 atom stereocenters. The summed E-state index contributed by atoms with van der Waals surface area (Å²) in [6, 6.07) is 4.32. The van der Waals surface area contributed by atoms with Gasteiger partial charge in [-0.25, -0.2) is 0 Å². The van der Waals surface area contributed by atoms with Crippen LogP contribution in [0.15, 0.2) is 26.0 Å². The summed E-state index contributed by atoms with van der Waals surface area (Å²) in [6.07, 6.45) is 3.04. The summed E-state index contributed by atoms with van der Waals surface area (Å²) in [5.41, 5.74) is 8.33. The van der Waals surface area contributed by atoms with Crippen molar-refractivity contribution >= 4 is 40.1 Å². The highest BCUT2D eigenvalue weighted by atomic mass is 79.9. The highest BCUT2D eigenvalue weighted by molar-refractivity contribution is 9.10. The third kappa shape index (κ3) is 3.50. The minimum atomic E-state index is -0.351. The first-order chi connectivity index (χ1) is 9.98. The Labute approximate surface area is 149 Å². The van der Waals surface area contributed by atoms with Crippen LogP contribution in [0.25, 0.3) is 0 Å². The van der Waals surface area contributed by atoms with Gasteiger partial charge >= 0.3 is 0 Å². The molecular weight excluding hydrogens is 386 g/mol. The highest BCUT2D eigenvalue weighted by Gasteiger charge is 2.38. The molecule has 0 spiro atoms. The smallest absolute Gasteiger partial charge is 0.237 e. The highest BCUT2D eigenvalue weighted by Crippen LogP contribution is 2.37. The second-order valence-electron chi connectivity index (χ2n) is 5.68. The summed E-state index contributed by atoms with van der Waals surface area (Å²) >= 11 is 5.27. The van der Waals surface area contributed by atoms with Crippen molar-refractivity contribution in [2.24, 2.45) is 5.73 Å². The van der Waals surface area contributed by atoms with Crippen LogP contribution in [-0.4, -0.2) is 10.1 Å². The van der Waals surface area contributed by atoms with Crippen molar-refractivity contribution in [2.75, 3.05) is 0 Å². The van der Waals surface area contributed by atoms with E-state index < -0.39 is 0 Å². The van der Waals surface area contributed by atoms with Gasteiger partial charge in [0.1, 0.15) is 0 Å². The predicted molar refractivity (Wildman–Crippen MR) is 94.4 cm³/mol. The fraction of sp³-hybridized carbons (Fsp3) is 0.467. The number of nitrogens with two attached hydrogens (primary N) is 1. The van der Waals surface area contributed by atoms with Gasteiger partial charge in [0, 0.05) is 9.37 Å². The van der Waals surface area contributed by atoms with Crippen molar-refractivity contribution in [3.63, 3.8) is 0 Å². The first kappa shape index (κ1) is 17.8. The molecule has 3 rings (SSSR count). The third-order valence-corrected chi connectivity index (χ3v) is 5.96. The molecule has 1 saturated carbocycles. The number of hydrogen-bond donors (Lipinski definition) is 1. The monoisotopic (exact) mass is 403 g/mol. The van der Waals surface area contributed by atoms with Crippen LogP contribution < -0.4 is 5.73 Å². The molecule has 0 radical (unpaired) electrons. The number of hydrogen-bond acceptors (Lipinski definition) is 5. The Hall–Kier alpha value is -0.560. The van der Waals surface area contributed by atoms with Crippen LogP contribution >= 0.6 is 40.1 Å². The molecule has 7 heteroatoms. The van der Waals surface area contributed by atoms with Crippen molar-refractivity contribution in [1.29, 1.82) is 0 Å². The second-order valence-corrected chi connectivity index (χ2v) is 7.55. The first-order valence-corrected chi connectivity index (χ1v) is 8.77. The normalized spacial score (nSPS) is 16.0. The Kier molecular flexibility index (Phi) is 5.59. The average molecular weight is 405 g/mol. The summed E-state index contributed by atoms with van der Waals surface area (Å²) < 4.78 is 6.47. The van der Waals surface area contributed by atoms with Crippen molar-refractivity contribution < 1.29 is 4.52 Å². The maximum absolute atomic E-state index is 6.21. The zero-order chi connectivity index (χ0) is 15.0. The van der Waals surface area contributed by atoms with Gasteiger partial charge in [-0.05, 0) is 56.4 Å². The van der Waals surface area contributed by atoms with Gasteiger partial charge in [0.2, 0.25) is 5.89 Å². The minimum Gasteiger partial charge on any atom is -0.338 e. The van der Waals surface area contributed by atoms with Crippen LogP contribution in [0.1, 0.15) is 42.1 Å². The molecule has 0 amide bonds. The van der Waals surface area contributed by atoms with E-state index >= 15 is 0 Å². The molecular formula is C15H19BrClN3OS. The number of benzene rings is 1. The largest absolute Gasteiger partial charge is 0.338 e. The van der Waals surface area contributed by atoms with E-state index in [0.717, 1.165) is 23.7 Å². The summed E-state index contributed by atoms with van der Waals surface area (Å²) in [5.74, 6) is 1.98. The second kappa shape index (κ2) is 6.91. The predicted octanol–water partition coefficient (Wildman–Crippen LogP) is 4.50. The van der Waals surface area contributed by atoms with Crippen LogP contribution in [0.3, 0.4) is 0 Å². The molecule has 22 heavy (non-hydrogen) atoms. The van der Waals surface area contributed by atoms with E-state index in [1.165, 1.54) is 16.0 Å². The molecule has 0 unspecified atom stereocenters. The maximum atomic E-state index is 6.21. The van der Waals surface area contributed by atoms with Gasteiger partial charge in [0.25, 0.3) is 0 Å². The topological polar surface area (TPSA) is 64.9 Å². The first-order valence-electron chi connectivity index (χ1n) is 6.99. The molecule has 0 aliphatic heterocycles. The molecule has 1 fully saturated rings. The van der Waals surface area contributed by atoms with Gasteiger partial charge in [-0.2, -0.15) is 4.98 Å². The van der Waals surface area contributed by atoms with Crippen molar-refractivity contribution in [3.8, 4) is 0 Å². The summed E-state index contributed by atoms with van der Waals surface area (Å²) in [4.78, 5) is 5.69. The lowest BCUT2D eigenvalue weighted by Gasteiger charge is -2.34. The molecule has 0 saturated heterocycles. The Morgan fingerprint density at radius 2 is 2.05 bits per heavy atom. The minimum absolute atomic E-state index is 0. The number of aryl methyl sites for hydroxylation is 2. The van der Waals surface area contributed by atoms with Gasteiger partial charge in [-0.15, -0.1) is 24.2 Å². The number of aromatic nitrogens is 2. The van der Waals surface area contributed by atoms with E-state index in [0.29, 0.717) is 17.5 Å². The zero-order valence-electron chi connectivity index (χ0n) is 12.6. The molecule has 1 heterocycles. The number of nitrogens with zero attached hydrogens (tertiary/aromatic N) is 2. The van der Waals surface area contributed by atoms with Gasteiger partial charge in [-0.1, -0.05) is 21.1 Å². The van der Waals surface area contributed by atoms with Crippen LogP contribution in [-0.2, 0) is 11.3 Å². The molecule has 1 aliphatic carbocycles. The molecule has 1 aromatic carbocycles. The maximum Gasteiger partial charge on any atom is 0.237 e. The van der Waals surface area contributed by atoms with Crippen LogP contribution in [0.4, 0.5) is 0 Å². The fourth-order valence-corrected chi connectivity index (χ4v) is 3.75. The van der Waals surface area contributed by atoms with E-state index in [4.69, 9.17) is 10.3 Å². The molecule has 4 nitrogen and oxygen atoms in total. The Morgan fingerprint density at radius 3 is 2.68 bits per heavy atom. The van der Waals surface area contributed by atoms with Crippen LogP contribution in [0.5, 0.6) is 0 Å². The summed E-state index contributed by atoms with van der Waals surface area (Å²) in [5, 5.41) is 4.04. The molecule has 120 valence electrons. The van der Waals surface area contributed by atoms with Crippen LogP contribution in [0, 0.1) is 13.8 Å².